The Bertz CT molecular complexity index is 948. The summed E-state index contributed by atoms with van der Waals surface area (Å²) in [6.07, 6.45) is 1.67. The van der Waals surface area contributed by atoms with Gasteiger partial charge in [0.2, 0.25) is 21.1 Å². The van der Waals surface area contributed by atoms with Crippen molar-refractivity contribution in [1.82, 2.24) is 10.2 Å². The van der Waals surface area contributed by atoms with E-state index < -0.39 is 10.0 Å². The smallest absolute Gasteiger partial charge is 0.232 e. The van der Waals surface area contributed by atoms with Gasteiger partial charge in [0.25, 0.3) is 0 Å². The Balaban J connectivity index is 1.92. The van der Waals surface area contributed by atoms with Crippen LogP contribution < -0.4 is 9.62 Å². The van der Waals surface area contributed by atoms with Crippen LogP contribution >= 0.6 is 34.7 Å². The Hall–Kier alpha value is -1.36. The second-order valence-corrected chi connectivity index (χ2v) is 11.5. The van der Waals surface area contributed by atoms with E-state index >= 15 is 0 Å². The van der Waals surface area contributed by atoms with E-state index in [0.717, 1.165) is 16.3 Å². The van der Waals surface area contributed by atoms with E-state index in [2.05, 4.69) is 29.4 Å². The third-order valence-corrected chi connectivity index (χ3v) is 7.85. The largest absolute Gasteiger partial charge is 0.301 e. The minimum atomic E-state index is -3.50. The number of hydrogen-bond donors (Lipinski definition) is 1. The molecule has 0 radical (unpaired) electrons. The van der Waals surface area contributed by atoms with Crippen molar-refractivity contribution >= 4 is 61.4 Å². The van der Waals surface area contributed by atoms with Crippen LogP contribution in [0.3, 0.4) is 0 Å². The fourth-order valence-corrected chi connectivity index (χ4v) is 5.38. The Morgan fingerprint density at radius 1 is 1.34 bits per heavy atom. The highest BCUT2D eigenvalue weighted by Crippen LogP contribution is 2.29. The van der Waals surface area contributed by atoms with Crippen molar-refractivity contribution in [2.75, 3.05) is 28.2 Å². The lowest BCUT2D eigenvalue weighted by Crippen LogP contribution is -2.32. The summed E-state index contributed by atoms with van der Waals surface area (Å²) in [4.78, 5) is 12.2. The Labute approximate surface area is 185 Å². The zero-order chi connectivity index (χ0) is 21.6. The summed E-state index contributed by atoms with van der Waals surface area (Å²) in [6.45, 7) is 6.20. The molecule has 1 amide bonds. The van der Waals surface area contributed by atoms with Gasteiger partial charge in [-0.3, -0.25) is 9.10 Å². The second-order valence-electron chi connectivity index (χ2n) is 6.95. The first-order chi connectivity index (χ1) is 13.6. The monoisotopic (exact) mass is 476 g/mol. The van der Waals surface area contributed by atoms with Gasteiger partial charge in [0.15, 0.2) is 4.34 Å². The van der Waals surface area contributed by atoms with E-state index in [0.29, 0.717) is 33.7 Å². The van der Waals surface area contributed by atoms with Crippen molar-refractivity contribution in [2.24, 2.45) is 5.92 Å². The van der Waals surface area contributed by atoms with E-state index in [1.807, 2.05) is 0 Å². The first-order valence-electron chi connectivity index (χ1n) is 9.07. The molecule has 1 heterocycles. The van der Waals surface area contributed by atoms with Gasteiger partial charge in [0, 0.05) is 23.7 Å². The predicted octanol–water partition coefficient (Wildman–Crippen LogP) is 4.43. The molecule has 160 valence electrons. The molecule has 29 heavy (non-hydrogen) atoms. The summed E-state index contributed by atoms with van der Waals surface area (Å²) in [7, 11) is -3.50. The van der Waals surface area contributed by atoms with Crippen LogP contribution in [0.15, 0.2) is 22.5 Å². The van der Waals surface area contributed by atoms with Gasteiger partial charge in [-0.25, -0.2) is 8.42 Å². The third-order valence-electron chi connectivity index (χ3n) is 3.87. The molecule has 0 bridgehead atoms. The molecule has 1 aromatic heterocycles. The molecule has 1 N–H and O–H groups in total. The molecule has 0 spiro atoms. The van der Waals surface area contributed by atoms with Gasteiger partial charge < -0.3 is 5.32 Å². The SMILES string of the molecule is Cc1c(Cl)cccc1N(CCCC(=O)Nc1nnc(SCC(C)C)s1)S(C)(=O)=O. The van der Waals surface area contributed by atoms with Gasteiger partial charge in [-0.1, -0.05) is 54.6 Å². The summed E-state index contributed by atoms with van der Waals surface area (Å²) in [5.74, 6) is 1.26. The molecule has 11 heteroatoms. The molecule has 0 saturated heterocycles. The third kappa shape index (κ3) is 7.44. The van der Waals surface area contributed by atoms with Crippen molar-refractivity contribution in [3.63, 3.8) is 0 Å². The lowest BCUT2D eigenvalue weighted by molar-refractivity contribution is -0.116. The average molecular weight is 477 g/mol. The van der Waals surface area contributed by atoms with Gasteiger partial charge in [0.05, 0.1) is 11.9 Å². The zero-order valence-corrected chi connectivity index (χ0v) is 20.0. The second kappa shape index (κ2) is 10.6. The van der Waals surface area contributed by atoms with Crippen molar-refractivity contribution in [1.29, 1.82) is 0 Å². The number of rotatable bonds is 10. The number of thioether (sulfide) groups is 1. The number of carbonyl (C=O) groups is 1. The number of nitrogens with zero attached hydrogens (tertiary/aromatic N) is 3. The minimum Gasteiger partial charge on any atom is -0.301 e. The first kappa shape index (κ1) is 23.9. The predicted molar refractivity (Wildman–Crippen MR) is 122 cm³/mol. The highest BCUT2D eigenvalue weighted by Gasteiger charge is 2.20. The maximum Gasteiger partial charge on any atom is 0.232 e. The Kier molecular flexibility index (Phi) is 8.74. The normalized spacial score (nSPS) is 11.7. The van der Waals surface area contributed by atoms with Gasteiger partial charge in [-0.05, 0) is 37.0 Å². The van der Waals surface area contributed by atoms with Crippen LogP contribution in [-0.2, 0) is 14.8 Å². The minimum absolute atomic E-state index is 0.166. The van der Waals surface area contributed by atoms with Crippen molar-refractivity contribution in [3.05, 3.63) is 28.8 Å². The molecular formula is C18H25ClN4O3S3. The van der Waals surface area contributed by atoms with E-state index in [1.54, 1.807) is 36.9 Å². The summed E-state index contributed by atoms with van der Waals surface area (Å²) in [5.41, 5.74) is 1.21. The van der Waals surface area contributed by atoms with Crippen LogP contribution in [0.25, 0.3) is 0 Å². The highest BCUT2D eigenvalue weighted by molar-refractivity contribution is 8.01. The van der Waals surface area contributed by atoms with Gasteiger partial charge in [0.1, 0.15) is 0 Å². The van der Waals surface area contributed by atoms with E-state index in [-0.39, 0.29) is 18.9 Å². The number of halogens is 1. The fraction of sp³-hybridized carbons (Fsp3) is 0.500. The summed E-state index contributed by atoms with van der Waals surface area (Å²) >= 11 is 9.07. The average Bonchev–Trinajstić information content (AvgIpc) is 3.06. The van der Waals surface area contributed by atoms with Crippen LogP contribution in [0, 0.1) is 12.8 Å². The fourth-order valence-electron chi connectivity index (χ4n) is 2.45. The Morgan fingerprint density at radius 3 is 2.72 bits per heavy atom. The van der Waals surface area contributed by atoms with Crippen molar-refractivity contribution in [2.45, 2.75) is 38.0 Å². The molecule has 0 aliphatic heterocycles. The molecule has 0 saturated carbocycles. The molecule has 0 fully saturated rings. The topological polar surface area (TPSA) is 92.3 Å². The van der Waals surface area contributed by atoms with Gasteiger partial charge in [-0.15, -0.1) is 10.2 Å². The summed E-state index contributed by atoms with van der Waals surface area (Å²) in [6, 6.07) is 5.13. The van der Waals surface area contributed by atoms with Crippen LogP contribution in [0.1, 0.15) is 32.3 Å². The molecule has 0 atom stereocenters. The number of nitrogens with one attached hydrogen (secondary N) is 1. The molecule has 7 nitrogen and oxygen atoms in total. The number of benzene rings is 1. The molecule has 0 aliphatic carbocycles. The lowest BCUT2D eigenvalue weighted by Gasteiger charge is -2.24. The van der Waals surface area contributed by atoms with Crippen LogP contribution in [0.4, 0.5) is 10.8 Å². The van der Waals surface area contributed by atoms with Crippen molar-refractivity contribution < 1.29 is 13.2 Å². The van der Waals surface area contributed by atoms with Crippen LogP contribution in [0.2, 0.25) is 5.02 Å². The number of sulfonamides is 1. The molecular weight excluding hydrogens is 452 g/mol. The molecule has 0 aliphatic rings. The standard InChI is InChI=1S/C18H25ClN4O3S3/c1-12(2)11-27-18-22-21-17(28-18)20-16(24)9-6-10-23(29(4,25)26)15-8-5-7-14(19)13(15)3/h5,7-8,12H,6,9-11H2,1-4H3,(H,20,21,24). The Morgan fingerprint density at radius 2 is 2.07 bits per heavy atom. The van der Waals surface area contributed by atoms with Crippen LogP contribution in [-0.4, -0.2) is 43.1 Å². The van der Waals surface area contributed by atoms with E-state index in [1.165, 1.54) is 15.6 Å². The van der Waals surface area contributed by atoms with Gasteiger partial charge in [-0.2, -0.15) is 0 Å². The number of amides is 1. The first-order valence-corrected chi connectivity index (χ1v) is 13.1. The zero-order valence-electron chi connectivity index (χ0n) is 16.8. The number of aromatic nitrogens is 2. The highest BCUT2D eigenvalue weighted by atomic mass is 35.5. The maximum absolute atomic E-state index is 12.2. The van der Waals surface area contributed by atoms with E-state index in [4.69, 9.17) is 11.6 Å². The van der Waals surface area contributed by atoms with E-state index in [9.17, 15) is 13.2 Å². The molecule has 0 unspecified atom stereocenters. The molecule has 2 aromatic rings. The number of carbonyl (C=O) groups excluding carboxylic acids is 1. The lowest BCUT2D eigenvalue weighted by atomic mass is 10.2. The molecule has 1 aromatic carbocycles. The number of anilines is 2. The summed E-state index contributed by atoms with van der Waals surface area (Å²) in [5, 5.41) is 11.7. The van der Waals surface area contributed by atoms with Gasteiger partial charge >= 0.3 is 0 Å². The summed E-state index contributed by atoms with van der Waals surface area (Å²) < 4.78 is 26.6. The maximum atomic E-state index is 12.2. The van der Waals surface area contributed by atoms with Crippen LogP contribution in [0.5, 0.6) is 0 Å². The van der Waals surface area contributed by atoms with Crippen molar-refractivity contribution in [3.8, 4) is 0 Å². The quantitative estimate of drug-likeness (QED) is 0.402. The molecule has 2 rings (SSSR count). The number of hydrogen-bond acceptors (Lipinski definition) is 7.